The second kappa shape index (κ2) is 8.87. The van der Waals surface area contributed by atoms with Crippen LogP contribution in [0.4, 0.5) is 5.69 Å². The zero-order valence-corrected chi connectivity index (χ0v) is 15.1. The third-order valence-corrected chi connectivity index (χ3v) is 4.06. The fraction of sp³-hybridized carbons (Fsp3) is 0.0476. The summed E-state index contributed by atoms with van der Waals surface area (Å²) < 4.78 is 5.18. The molecule has 2 aromatic carbocycles. The largest absolute Gasteiger partial charge is 0.467 e. The van der Waals surface area contributed by atoms with Gasteiger partial charge >= 0.3 is 0 Å². The second-order valence-electron chi connectivity index (χ2n) is 5.69. The molecule has 0 aliphatic heterocycles. The molecule has 2 N–H and O–H groups in total. The van der Waals surface area contributed by atoms with E-state index in [1.54, 1.807) is 54.8 Å². The Hall–Kier alpha value is -3.31. The molecule has 0 saturated heterocycles. The maximum Gasteiger partial charge on any atom is 0.251 e. The summed E-state index contributed by atoms with van der Waals surface area (Å²) in [6, 6.07) is 17.5. The van der Waals surface area contributed by atoms with Crippen LogP contribution >= 0.6 is 11.6 Å². The van der Waals surface area contributed by atoms with Crippen LogP contribution in [0.2, 0.25) is 5.02 Å². The monoisotopic (exact) mass is 380 g/mol. The van der Waals surface area contributed by atoms with Gasteiger partial charge in [-0.1, -0.05) is 35.9 Å². The van der Waals surface area contributed by atoms with Gasteiger partial charge < -0.3 is 15.1 Å². The number of carbonyl (C=O) groups is 2. The lowest BCUT2D eigenvalue weighted by atomic mass is 10.2. The van der Waals surface area contributed by atoms with Gasteiger partial charge in [-0.25, -0.2) is 0 Å². The number of carbonyl (C=O) groups excluding carboxylic acids is 2. The van der Waals surface area contributed by atoms with Crippen molar-refractivity contribution in [3.05, 3.63) is 94.9 Å². The minimum absolute atomic E-state index is 0.255. The van der Waals surface area contributed by atoms with Crippen LogP contribution < -0.4 is 10.6 Å². The van der Waals surface area contributed by atoms with Crippen molar-refractivity contribution in [1.29, 1.82) is 0 Å². The Bertz CT molecular complexity index is 965. The molecule has 27 heavy (non-hydrogen) atoms. The van der Waals surface area contributed by atoms with Crippen LogP contribution in [0.1, 0.15) is 21.7 Å². The molecule has 0 aliphatic carbocycles. The molecule has 0 unspecified atom stereocenters. The van der Waals surface area contributed by atoms with E-state index in [1.165, 1.54) is 6.08 Å². The van der Waals surface area contributed by atoms with Crippen LogP contribution in [0, 0.1) is 0 Å². The van der Waals surface area contributed by atoms with Gasteiger partial charge in [0.25, 0.3) is 5.91 Å². The van der Waals surface area contributed by atoms with Crippen LogP contribution in [-0.2, 0) is 11.3 Å². The van der Waals surface area contributed by atoms with Crippen molar-refractivity contribution in [2.24, 2.45) is 0 Å². The van der Waals surface area contributed by atoms with Crippen LogP contribution in [-0.4, -0.2) is 11.8 Å². The number of benzene rings is 2. The van der Waals surface area contributed by atoms with Gasteiger partial charge in [-0.05, 0) is 48.0 Å². The van der Waals surface area contributed by atoms with Crippen LogP contribution in [0.25, 0.3) is 6.08 Å². The molecule has 0 radical (unpaired) electrons. The smallest absolute Gasteiger partial charge is 0.251 e. The molecule has 3 rings (SSSR count). The fourth-order valence-corrected chi connectivity index (χ4v) is 2.58. The van der Waals surface area contributed by atoms with E-state index in [9.17, 15) is 9.59 Å². The summed E-state index contributed by atoms with van der Waals surface area (Å²) in [6.07, 6.45) is 4.58. The van der Waals surface area contributed by atoms with Gasteiger partial charge in [-0.3, -0.25) is 9.59 Å². The summed E-state index contributed by atoms with van der Waals surface area (Å²) in [6.45, 7) is 0.295. The molecule has 0 atom stereocenters. The average Bonchev–Trinajstić information content (AvgIpc) is 3.19. The van der Waals surface area contributed by atoms with E-state index in [0.29, 0.717) is 28.6 Å². The maximum absolute atomic E-state index is 12.2. The lowest BCUT2D eigenvalue weighted by Crippen LogP contribution is -2.22. The van der Waals surface area contributed by atoms with E-state index in [4.69, 9.17) is 16.0 Å². The summed E-state index contributed by atoms with van der Waals surface area (Å²) in [4.78, 5) is 24.3. The van der Waals surface area contributed by atoms with Gasteiger partial charge in [-0.2, -0.15) is 0 Å². The maximum atomic E-state index is 12.2. The highest BCUT2D eigenvalue weighted by molar-refractivity contribution is 6.32. The Labute approximate surface area is 161 Å². The molecule has 5 nitrogen and oxygen atoms in total. The number of rotatable bonds is 6. The first-order valence-electron chi connectivity index (χ1n) is 8.26. The average molecular weight is 381 g/mol. The predicted molar refractivity (Wildman–Crippen MR) is 105 cm³/mol. The number of halogens is 1. The molecule has 2 amide bonds. The third-order valence-electron chi connectivity index (χ3n) is 3.72. The SMILES string of the molecule is O=C(/C=C/c1ccccc1Cl)Nc1cccc(C(=O)NCc2ccco2)c1. The quantitative estimate of drug-likeness (QED) is 0.618. The number of furan rings is 1. The van der Waals surface area contributed by atoms with Crippen molar-refractivity contribution in [1.82, 2.24) is 5.32 Å². The van der Waals surface area contributed by atoms with E-state index in [0.717, 1.165) is 5.56 Å². The molecular weight excluding hydrogens is 364 g/mol. The van der Waals surface area contributed by atoms with Gasteiger partial charge in [0.05, 0.1) is 12.8 Å². The first-order valence-corrected chi connectivity index (χ1v) is 8.64. The molecule has 1 aromatic heterocycles. The Morgan fingerprint density at radius 2 is 1.89 bits per heavy atom. The second-order valence-corrected chi connectivity index (χ2v) is 6.09. The Morgan fingerprint density at radius 3 is 2.67 bits per heavy atom. The first kappa shape index (κ1) is 18.5. The number of anilines is 1. The topological polar surface area (TPSA) is 71.3 Å². The Kier molecular flexibility index (Phi) is 6.07. The summed E-state index contributed by atoms with van der Waals surface area (Å²) in [7, 11) is 0. The molecule has 136 valence electrons. The number of nitrogens with one attached hydrogen (secondary N) is 2. The van der Waals surface area contributed by atoms with Gasteiger partial charge in [0.1, 0.15) is 5.76 Å². The van der Waals surface area contributed by atoms with Crippen molar-refractivity contribution in [3.8, 4) is 0 Å². The molecule has 0 aliphatic rings. The van der Waals surface area contributed by atoms with Gasteiger partial charge in [0.2, 0.25) is 5.91 Å². The third kappa shape index (κ3) is 5.33. The zero-order valence-electron chi connectivity index (χ0n) is 14.3. The van der Waals surface area contributed by atoms with E-state index >= 15 is 0 Å². The summed E-state index contributed by atoms with van der Waals surface area (Å²) >= 11 is 6.06. The fourth-order valence-electron chi connectivity index (χ4n) is 2.38. The molecule has 1 heterocycles. The molecule has 0 saturated carbocycles. The molecule has 0 bridgehead atoms. The highest BCUT2D eigenvalue weighted by Crippen LogP contribution is 2.16. The van der Waals surface area contributed by atoms with Crippen molar-refractivity contribution >= 4 is 35.2 Å². The van der Waals surface area contributed by atoms with Crippen molar-refractivity contribution in [3.63, 3.8) is 0 Å². The minimum atomic E-state index is -0.317. The number of amides is 2. The van der Waals surface area contributed by atoms with Crippen molar-refractivity contribution < 1.29 is 14.0 Å². The van der Waals surface area contributed by atoms with E-state index < -0.39 is 0 Å². The first-order chi connectivity index (χ1) is 13.1. The molecular formula is C21H17ClN2O3. The molecule has 0 spiro atoms. The molecule has 6 heteroatoms. The van der Waals surface area contributed by atoms with E-state index in [-0.39, 0.29) is 11.8 Å². The van der Waals surface area contributed by atoms with Gasteiger partial charge in [-0.15, -0.1) is 0 Å². The van der Waals surface area contributed by atoms with Crippen molar-refractivity contribution in [2.75, 3.05) is 5.32 Å². The minimum Gasteiger partial charge on any atom is -0.467 e. The zero-order chi connectivity index (χ0) is 19.1. The van der Waals surface area contributed by atoms with Crippen LogP contribution in [0.3, 0.4) is 0 Å². The van der Waals surface area contributed by atoms with E-state index in [2.05, 4.69) is 10.6 Å². The van der Waals surface area contributed by atoms with Crippen molar-refractivity contribution in [2.45, 2.75) is 6.54 Å². The Morgan fingerprint density at radius 1 is 1.04 bits per heavy atom. The lowest BCUT2D eigenvalue weighted by Gasteiger charge is -2.06. The number of hydrogen-bond acceptors (Lipinski definition) is 3. The standard InChI is InChI=1S/C21H17ClN2O3/c22-19-9-2-1-5-15(19)10-11-20(25)24-17-7-3-6-16(13-17)21(26)23-14-18-8-4-12-27-18/h1-13H,14H2,(H,23,26)(H,24,25)/b11-10+. The lowest BCUT2D eigenvalue weighted by molar-refractivity contribution is -0.111. The highest BCUT2D eigenvalue weighted by atomic mass is 35.5. The summed E-state index contributed by atoms with van der Waals surface area (Å²) in [5.74, 6) is 0.0923. The van der Waals surface area contributed by atoms with Gasteiger partial charge in [0, 0.05) is 22.3 Å². The molecule has 0 fully saturated rings. The normalized spacial score (nSPS) is 10.7. The number of hydrogen-bond donors (Lipinski definition) is 2. The Balaban J connectivity index is 1.60. The summed E-state index contributed by atoms with van der Waals surface area (Å²) in [5.41, 5.74) is 1.71. The van der Waals surface area contributed by atoms with Crippen LogP contribution in [0.5, 0.6) is 0 Å². The van der Waals surface area contributed by atoms with E-state index in [1.807, 2.05) is 18.2 Å². The van der Waals surface area contributed by atoms with Gasteiger partial charge in [0.15, 0.2) is 0 Å². The summed E-state index contributed by atoms with van der Waals surface area (Å²) in [5, 5.41) is 6.06. The highest BCUT2D eigenvalue weighted by Gasteiger charge is 2.08. The van der Waals surface area contributed by atoms with Crippen LogP contribution in [0.15, 0.2) is 77.4 Å². The predicted octanol–water partition coefficient (Wildman–Crippen LogP) is 4.51. The molecule has 3 aromatic rings.